The molecule has 0 aliphatic heterocycles. The molecular formula is C14H9F3N2O2. The lowest BCUT2D eigenvalue weighted by Gasteiger charge is -2.05. The number of aromatic amines is 2. The maximum atomic E-state index is 12.7. The van der Waals surface area contributed by atoms with E-state index in [1.54, 1.807) is 12.1 Å². The van der Waals surface area contributed by atoms with E-state index in [4.69, 9.17) is 5.11 Å². The number of nitrogens with one attached hydrogen (secondary N) is 2. The molecule has 21 heavy (non-hydrogen) atoms. The van der Waals surface area contributed by atoms with Gasteiger partial charge >= 0.3 is 12.1 Å². The Balaban J connectivity index is 2.06. The first-order chi connectivity index (χ1) is 9.84. The van der Waals surface area contributed by atoms with Gasteiger partial charge in [-0.1, -0.05) is 6.07 Å². The summed E-state index contributed by atoms with van der Waals surface area (Å²) in [5.74, 6) is -1.10. The Morgan fingerprint density at radius 3 is 2.38 bits per heavy atom. The van der Waals surface area contributed by atoms with E-state index in [1.807, 2.05) is 0 Å². The van der Waals surface area contributed by atoms with Crippen molar-refractivity contribution in [1.29, 1.82) is 0 Å². The number of alkyl halides is 3. The van der Waals surface area contributed by atoms with Gasteiger partial charge in [0.25, 0.3) is 0 Å². The van der Waals surface area contributed by atoms with E-state index in [0.29, 0.717) is 22.3 Å². The molecule has 3 rings (SSSR count). The molecule has 4 nitrogen and oxygen atoms in total. The zero-order valence-electron chi connectivity index (χ0n) is 10.5. The van der Waals surface area contributed by atoms with E-state index in [1.165, 1.54) is 12.1 Å². The molecule has 0 amide bonds. The summed E-state index contributed by atoms with van der Waals surface area (Å²) in [4.78, 5) is 16.3. The fraction of sp³-hybridized carbons (Fsp3) is 0.0714. The number of hydrogen-bond acceptors (Lipinski definition) is 1. The van der Waals surface area contributed by atoms with Gasteiger partial charge in [0.05, 0.1) is 17.0 Å². The van der Waals surface area contributed by atoms with Gasteiger partial charge in [-0.25, -0.2) is 4.79 Å². The molecule has 0 saturated heterocycles. The molecule has 0 bridgehead atoms. The molecule has 0 atom stereocenters. The summed E-state index contributed by atoms with van der Waals surface area (Å²) in [5, 5.41) is 9.46. The van der Waals surface area contributed by atoms with Crippen LogP contribution in [0.2, 0.25) is 0 Å². The predicted octanol–water partition coefficient (Wildman–Crippen LogP) is 3.88. The van der Waals surface area contributed by atoms with Crippen LogP contribution in [-0.2, 0) is 6.18 Å². The largest absolute Gasteiger partial charge is 0.477 e. The first kappa shape index (κ1) is 13.3. The van der Waals surface area contributed by atoms with Crippen LogP contribution in [0.25, 0.3) is 22.3 Å². The van der Waals surface area contributed by atoms with E-state index in [0.717, 1.165) is 12.1 Å². The minimum absolute atomic E-state index is 0.0136. The normalized spacial score (nSPS) is 12.0. The Bertz CT molecular complexity index is 830. The van der Waals surface area contributed by atoms with Crippen molar-refractivity contribution in [3.63, 3.8) is 0 Å². The summed E-state index contributed by atoms with van der Waals surface area (Å²) in [5.41, 5.74) is 0.640. The van der Waals surface area contributed by atoms with Crippen LogP contribution in [0.3, 0.4) is 0 Å². The molecule has 3 N–H and O–H groups in total. The third-order valence-electron chi connectivity index (χ3n) is 3.16. The van der Waals surface area contributed by atoms with Crippen molar-refractivity contribution >= 4 is 16.9 Å². The summed E-state index contributed by atoms with van der Waals surface area (Å²) in [7, 11) is 0. The Morgan fingerprint density at radius 2 is 1.76 bits per heavy atom. The van der Waals surface area contributed by atoms with Crippen molar-refractivity contribution in [2.45, 2.75) is 6.18 Å². The van der Waals surface area contributed by atoms with Gasteiger partial charge in [0.2, 0.25) is 0 Å². The number of carboxylic acids is 1. The lowest BCUT2D eigenvalue weighted by atomic mass is 10.1. The molecule has 0 spiro atoms. The third kappa shape index (κ3) is 2.37. The smallest absolute Gasteiger partial charge is 0.416 e. The van der Waals surface area contributed by atoms with Gasteiger partial charge in [0.15, 0.2) is 0 Å². The summed E-state index contributed by atoms with van der Waals surface area (Å²) in [6.07, 6.45) is -4.40. The molecule has 0 aliphatic rings. The summed E-state index contributed by atoms with van der Waals surface area (Å²) >= 11 is 0. The minimum Gasteiger partial charge on any atom is -0.477 e. The van der Waals surface area contributed by atoms with E-state index < -0.39 is 17.7 Å². The Labute approximate surface area is 116 Å². The molecule has 3 aromatic rings. The Hall–Kier alpha value is -2.70. The number of rotatable bonds is 2. The maximum Gasteiger partial charge on any atom is 0.416 e. The molecule has 0 unspecified atom stereocenters. The third-order valence-corrected chi connectivity index (χ3v) is 3.16. The van der Waals surface area contributed by atoms with Gasteiger partial charge in [0.1, 0.15) is 5.69 Å². The number of H-pyrrole nitrogens is 2. The van der Waals surface area contributed by atoms with E-state index in [2.05, 4.69) is 9.97 Å². The van der Waals surface area contributed by atoms with Gasteiger partial charge < -0.3 is 15.1 Å². The average Bonchev–Trinajstić information content (AvgIpc) is 3.03. The van der Waals surface area contributed by atoms with E-state index >= 15 is 0 Å². The first-order valence-electron chi connectivity index (χ1n) is 5.97. The molecule has 0 radical (unpaired) electrons. The second-order valence-electron chi connectivity index (χ2n) is 4.57. The highest BCUT2D eigenvalue weighted by molar-refractivity contribution is 5.89. The van der Waals surface area contributed by atoms with Crippen molar-refractivity contribution in [1.82, 2.24) is 9.97 Å². The molecule has 0 fully saturated rings. The van der Waals surface area contributed by atoms with Gasteiger partial charge in [0, 0.05) is 10.9 Å². The number of carboxylic acid groups (broad SMARTS) is 1. The second-order valence-corrected chi connectivity index (χ2v) is 4.57. The zero-order valence-corrected chi connectivity index (χ0v) is 10.5. The number of benzene rings is 1. The highest BCUT2D eigenvalue weighted by atomic mass is 19.4. The molecule has 2 aromatic heterocycles. The first-order valence-corrected chi connectivity index (χ1v) is 5.97. The van der Waals surface area contributed by atoms with Crippen molar-refractivity contribution in [3.8, 4) is 11.4 Å². The Morgan fingerprint density at radius 1 is 1.00 bits per heavy atom. The molecule has 7 heteroatoms. The topological polar surface area (TPSA) is 68.9 Å². The fourth-order valence-electron chi connectivity index (χ4n) is 2.13. The lowest BCUT2D eigenvalue weighted by molar-refractivity contribution is -0.137. The number of fused-ring (bicyclic) bond motifs is 1. The lowest BCUT2D eigenvalue weighted by Crippen LogP contribution is -2.03. The Kier molecular flexibility index (Phi) is 2.79. The van der Waals surface area contributed by atoms with Crippen LogP contribution in [-0.4, -0.2) is 21.0 Å². The van der Waals surface area contributed by atoms with Gasteiger partial charge in [-0.3, -0.25) is 0 Å². The second kappa shape index (κ2) is 4.41. The van der Waals surface area contributed by atoms with Gasteiger partial charge in [-0.2, -0.15) is 13.2 Å². The SMILES string of the molecule is O=C(O)c1ccc(-c2cc3ccc(C(F)(F)F)cc3[nH]2)[nH]1. The average molecular weight is 294 g/mol. The van der Waals surface area contributed by atoms with Crippen LogP contribution in [0.5, 0.6) is 0 Å². The van der Waals surface area contributed by atoms with Crippen LogP contribution in [0.4, 0.5) is 13.2 Å². The van der Waals surface area contributed by atoms with E-state index in [9.17, 15) is 18.0 Å². The summed E-state index contributed by atoms with van der Waals surface area (Å²) < 4.78 is 38.0. The molecule has 1 aromatic carbocycles. The van der Waals surface area contributed by atoms with Crippen molar-refractivity contribution in [2.24, 2.45) is 0 Å². The highest BCUT2D eigenvalue weighted by Crippen LogP contribution is 2.32. The van der Waals surface area contributed by atoms with Crippen LogP contribution in [0.15, 0.2) is 36.4 Å². The number of carbonyl (C=O) groups is 1. The molecule has 2 heterocycles. The number of hydrogen-bond donors (Lipinski definition) is 3. The molecule has 0 aliphatic carbocycles. The van der Waals surface area contributed by atoms with Crippen LogP contribution < -0.4 is 0 Å². The number of aromatic nitrogens is 2. The predicted molar refractivity (Wildman–Crippen MR) is 70.0 cm³/mol. The monoisotopic (exact) mass is 294 g/mol. The van der Waals surface area contributed by atoms with Crippen molar-refractivity contribution < 1.29 is 23.1 Å². The van der Waals surface area contributed by atoms with Crippen LogP contribution in [0, 0.1) is 0 Å². The van der Waals surface area contributed by atoms with Crippen molar-refractivity contribution in [2.75, 3.05) is 0 Å². The highest BCUT2D eigenvalue weighted by Gasteiger charge is 2.30. The van der Waals surface area contributed by atoms with Crippen molar-refractivity contribution in [3.05, 3.63) is 47.7 Å². The molecule has 0 saturated carbocycles. The minimum atomic E-state index is -4.40. The van der Waals surface area contributed by atoms with Gasteiger partial charge in [-0.15, -0.1) is 0 Å². The quantitative estimate of drug-likeness (QED) is 0.671. The summed E-state index contributed by atoms with van der Waals surface area (Å²) in [6.45, 7) is 0. The van der Waals surface area contributed by atoms with Crippen LogP contribution >= 0.6 is 0 Å². The molecular weight excluding hydrogens is 285 g/mol. The maximum absolute atomic E-state index is 12.7. The number of halogens is 3. The molecule has 108 valence electrons. The summed E-state index contributed by atoms with van der Waals surface area (Å²) in [6, 6.07) is 8.02. The van der Waals surface area contributed by atoms with Crippen LogP contribution in [0.1, 0.15) is 16.1 Å². The fourth-order valence-corrected chi connectivity index (χ4v) is 2.13. The van der Waals surface area contributed by atoms with E-state index in [-0.39, 0.29) is 5.69 Å². The van der Waals surface area contributed by atoms with Gasteiger partial charge in [-0.05, 0) is 30.3 Å². The zero-order chi connectivity index (χ0) is 15.2. The number of aromatic carboxylic acids is 1. The standard InChI is InChI=1S/C14H9F3N2O2/c15-14(16,17)8-2-1-7-5-12(19-11(7)6-8)9-3-4-10(18-9)13(20)21/h1-6,18-19H,(H,20,21).